The van der Waals surface area contributed by atoms with Gasteiger partial charge in [-0.05, 0) is 25.7 Å². The SMILES string of the molecule is C=C1CCC(N2CCOC2=O)CC1. The van der Waals surface area contributed by atoms with Crippen LogP contribution in [0.25, 0.3) is 0 Å². The minimum atomic E-state index is -0.127. The highest BCUT2D eigenvalue weighted by atomic mass is 16.6. The maximum Gasteiger partial charge on any atom is 0.410 e. The van der Waals surface area contributed by atoms with Gasteiger partial charge in [0.2, 0.25) is 0 Å². The van der Waals surface area contributed by atoms with Crippen LogP contribution in [-0.2, 0) is 4.74 Å². The molecule has 3 nitrogen and oxygen atoms in total. The van der Waals surface area contributed by atoms with Crippen molar-refractivity contribution >= 4 is 6.09 Å². The third-order valence-corrected chi connectivity index (χ3v) is 2.90. The minimum absolute atomic E-state index is 0.127. The molecule has 2 rings (SSSR count). The molecule has 0 aromatic rings. The molecule has 2 aliphatic rings. The lowest BCUT2D eigenvalue weighted by molar-refractivity contribution is 0.142. The third kappa shape index (κ3) is 1.69. The molecule has 0 bridgehead atoms. The molecule has 1 heterocycles. The van der Waals surface area contributed by atoms with Gasteiger partial charge in [-0.15, -0.1) is 0 Å². The molecule has 2 fully saturated rings. The molecule has 1 saturated carbocycles. The number of carbonyl (C=O) groups is 1. The number of nitrogens with zero attached hydrogens (tertiary/aromatic N) is 1. The van der Waals surface area contributed by atoms with Crippen LogP contribution in [0, 0.1) is 0 Å². The van der Waals surface area contributed by atoms with Crippen molar-refractivity contribution in [3.05, 3.63) is 12.2 Å². The number of ether oxygens (including phenoxy) is 1. The van der Waals surface area contributed by atoms with Gasteiger partial charge in [0.25, 0.3) is 0 Å². The van der Waals surface area contributed by atoms with E-state index in [1.807, 2.05) is 4.90 Å². The molecule has 13 heavy (non-hydrogen) atoms. The molecule has 0 atom stereocenters. The van der Waals surface area contributed by atoms with Gasteiger partial charge in [0.15, 0.2) is 0 Å². The van der Waals surface area contributed by atoms with Crippen LogP contribution >= 0.6 is 0 Å². The molecule has 0 aromatic heterocycles. The lowest BCUT2D eigenvalue weighted by Crippen LogP contribution is -2.37. The highest BCUT2D eigenvalue weighted by molar-refractivity contribution is 5.69. The van der Waals surface area contributed by atoms with E-state index in [0.29, 0.717) is 12.6 Å². The molecule has 0 N–H and O–H groups in total. The summed E-state index contributed by atoms with van der Waals surface area (Å²) in [5, 5.41) is 0. The third-order valence-electron chi connectivity index (χ3n) is 2.90. The molecule has 3 heteroatoms. The van der Waals surface area contributed by atoms with Crippen LogP contribution in [0.4, 0.5) is 4.79 Å². The first kappa shape index (κ1) is 8.60. The quantitative estimate of drug-likeness (QED) is 0.578. The Balaban J connectivity index is 1.93. The average Bonchev–Trinajstić information content (AvgIpc) is 2.53. The Morgan fingerprint density at radius 1 is 1.38 bits per heavy atom. The van der Waals surface area contributed by atoms with Gasteiger partial charge < -0.3 is 9.64 Å². The Morgan fingerprint density at radius 2 is 2.08 bits per heavy atom. The smallest absolute Gasteiger partial charge is 0.410 e. The molecular formula is C10H15NO2. The molecule has 1 aliphatic heterocycles. The first-order valence-corrected chi connectivity index (χ1v) is 4.87. The number of hydrogen-bond acceptors (Lipinski definition) is 2. The van der Waals surface area contributed by atoms with Gasteiger partial charge >= 0.3 is 6.09 Å². The topological polar surface area (TPSA) is 29.5 Å². The maximum absolute atomic E-state index is 11.2. The fourth-order valence-corrected chi connectivity index (χ4v) is 2.06. The van der Waals surface area contributed by atoms with Crippen LogP contribution in [0.3, 0.4) is 0 Å². The first-order chi connectivity index (χ1) is 6.27. The van der Waals surface area contributed by atoms with Crippen LogP contribution in [0.2, 0.25) is 0 Å². The van der Waals surface area contributed by atoms with Crippen LogP contribution in [0.5, 0.6) is 0 Å². The van der Waals surface area contributed by atoms with E-state index in [1.54, 1.807) is 0 Å². The van der Waals surface area contributed by atoms with Crippen molar-refractivity contribution in [1.29, 1.82) is 0 Å². The monoisotopic (exact) mass is 181 g/mol. The van der Waals surface area contributed by atoms with E-state index in [-0.39, 0.29) is 6.09 Å². The summed E-state index contributed by atoms with van der Waals surface area (Å²) in [4.78, 5) is 13.1. The number of hydrogen-bond donors (Lipinski definition) is 0. The second-order valence-electron chi connectivity index (χ2n) is 3.79. The van der Waals surface area contributed by atoms with E-state index >= 15 is 0 Å². The summed E-state index contributed by atoms with van der Waals surface area (Å²) in [7, 11) is 0. The molecule has 0 aromatic carbocycles. The van der Waals surface area contributed by atoms with Crippen molar-refractivity contribution < 1.29 is 9.53 Å². The molecule has 72 valence electrons. The van der Waals surface area contributed by atoms with Gasteiger partial charge in [0, 0.05) is 6.04 Å². The Morgan fingerprint density at radius 3 is 2.62 bits per heavy atom. The van der Waals surface area contributed by atoms with Crippen molar-refractivity contribution in [2.75, 3.05) is 13.2 Å². The fourth-order valence-electron chi connectivity index (χ4n) is 2.06. The summed E-state index contributed by atoms with van der Waals surface area (Å²) < 4.78 is 4.91. The first-order valence-electron chi connectivity index (χ1n) is 4.87. The van der Waals surface area contributed by atoms with E-state index in [2.05, 4.69) is 6.58 Å². The van der Waals surface area contributed by atoms with Gasteiger partial charge in [-0.3, -0.25) is 0 Å². The Kier molecular flexibility index (Phi) is 2.25. The standard InChI is InChI=1S/C10H15NO2/c1-8-2-4-9(5-3-8)11-6-7-13-10(11)12/h9H,1-7H2. The van der Waals surface area contributed by atoms with Crippen molar-refractivity contribution in [2.45, 2.75) is 31.7 Å². The second kappa shape index (κ2) is 3.40. The van der Waals surface area contributed by atoms with E-state index in [9.17, 15) is 4.79 Å². The number of allylic oxidation sites excluding steroid dienone is 1. The molecule has 1 saturated heterocycles. The minimum Gasteiger partial charge on any atom is -0.448 e. The lowest BCUT2D eigenvalue weighted by Gasteiger charge is -2.29. The van der Waals surface area contributed by atoms with Gasteiger partial charge in [0.1, 0.15) is 6.61 Å². The number of amides is 1. The van der Waals surface area contributed by atoms with Gasteiger partial charge in [-0.25, -0.2) is 4.79 Å². The Hall–Kier alpha value is -0.990. The maximum atomic E-state index is 11.2. The number of cyclic esters (lactones) is 1. The predicted octanol–water partition coefficient (Wildman–Crippen LogP) is 1.94. The lowest BCUT2D eigenvalue weighted by atomic mass is 9.91. The molecule has 0 radical (unpaired) electrons. The molecule has 0 unspecified atom stereocenters. The van der Waals surface area contributed by atoms with E-state index in [0.717, 1.165) is 32.2 Å². The largest absolute Gasteiger partial charge is 0.448 e. The van der Waals surface area contributed by atoms with E-state index in [4.69, 9.17) is 4.74 Å². The van der Waals surface area contributed by atoms with Crippen molar-refractivity contribution in [1.82, 2.24) is 4.90 Å². The molecular weight excluding hydrogens is 166 g/mol. The zero-order valence-electron chi connectivity index (χ0n) is 7.79. The van der Waals surface area contributed by atoms with Crippen molar-refractivity contribution in [2.24, 2.45) is 0 Å². The van der Waals surface area contributed by atoms with Gasteiger partial charge in [0.05, 0.1) is 6.54 Å². The Labute approximate surface area is 78.4 Å². The van der Waals surface area contributed by atoms with E-state index in [1.165, 1.54) is 5.57 Å². The highest BCUT2D eigenvalue weighted by Gasteiger charge is 2.30. The van der Waals surface area contributed by atoms with Crippen LogP contribution in [0.15, 0.2) is 12.2 Å². The number of carbonyl (C=O) groups excluding carboxylic acids is 1. The van der Waals surface area contributed by atoms with Crippen molar-refractivity contribution in [3.63, 3.8) is 0 Å². The molecule has 0 spiro atoms. The number of rotatable bonds is 1. The van der Waals surface area contributed by atoms with Crippen molar-refractivity contribution in [3.8, 4) is 0 Å². The average molecular weight is 181 g/mol. The van der Waals surface area contributed by atoms with Crippen LogP contribution < -0.4 is 0 Å². The summed E-state index contributed by atoms with van der Waals surface area (Å²) >= 11 is 0. The zero-order valence-corrected chi connectivity index (χ0v) is 7.79. The highest BCUT2D eigenvalue weighted by Crippen LogP contribution is 2.27. The van der Waals surface area contributed by atoms with Crippen LogP contribution in [0.1, 0.15) is 25.7 Å². The van der Waals surface area contributed by atoms with Gasteiger partial charge in [-0.1, -0.05) is 12.2 Å². The Bertz CT molecular complexity index is 227. The second-order valence-corrected chi connectivity index (χ2v) is 3.79. The molecule has 1 aliphatic carbocycles. The van der Waals surface area contributed by atoms with Crippen LogP contribution in [-0.4, -0.2) is 30.2 Å². The zero-order chi connectivity index (χ0) is 9.26. The summed E-state index contributed by atoms with van der Waals surface area (Å²) in [5.41, 5.74) is 1.32. The normalized spacial score (nSPS) is 25.1. The molecule has 1 amide bonds. The predicted molar refractivity (Wildman–Crippen MR) is 49.5 cm³/mol. The summed E-state index contributed by atoms with van der Waals surface area (Å²) in [5.74, 6) is 0. The summed E-state index contributed by atoms with van der Waals surface area (Å²) in [6.45, 7) is 5.30. The summed E-state index contributed by atoms with van der Waals surface area (Å²) in [6, 6.07) is 0.403. The summed E-state index contributed by atoms with van der Waals surface area (Å²) in [6.07, 6.45) is 4.13. The fraction of sp³-hybridized carbons (Fsp3) is 0.700. The van der Waals surface area contributed by atoms with Gasteiger partial charge in [-0.2, -0.15) is 0 Å². The van der Waals surface area contributed by atoms with E-state index < -0.39 is 0 Å².